The summed E-state index contributed by atoms with van der Waals surface area (Å²) in [6.07, 6.45) is 1.01. The number of carbonyl (C=O) groups excluding carboxylic acids is 1. The summed E-state index contributed by atoms with van der Waals surface area (Å²) >= 11 is 0. The van der Waals surface area contributed by atoms with E-state index in [-0.39, 0.29) is 40.7 Å². The van der Waals surface area contributed by atoms with E-state index in [1.54, 1.807) is 11.8 Å². The summed E-state index contributed by atoms with van der Waals surface area (Å²) in [5, 5.41) is 14.4. The number of nitrogens with zero attached hydrogens (tertiary/aromatic N) is 2. The van der Waals surface area contributed by atoms with E-state index in [9.17, 15) is 22.9 Å². The van der Waals surface area contributed by atoms with Crippen molar-refractivity contribution in [2.75, 3.05) is 29.4 Å². The third-order valence-electron chi connectivity index (χ3n) is 5.31. The summed E-state index contributed by atoms with van der Waals surface area (Å²) in [5.41, 5.74) is 0.0592. The number of fused-ring (bicyclic) bond motifs is 1. The second kappa shape index (κ2) is 9.02. The van der Waals surface area contributed by atoms with Gasteiger partial charge in [0.1, 0.15) is 11.3 Å². The van der Waals surface area contributed by atoms with Gasteiger partial charge in [-0.1, -0.05) is 34.6 Å². The second-order valence-corrected chi connectivity index (χ2v) is 13.7. The number of aliphatic hydroxyl groups is 1. The highest BCUT2D eigenvalue weighted by molar-refractivity contribution is 7.92. The Morgan fingerprint density at radius 3 is 2.50 bits per heavy atom. The average molecular weight is 513 g/mol. The van der Waals surface area contributed by atoms with Crippen LogP contribution in [0.3, 0.4) is 0 Å². The largest absolute Gasteiger partial charge is 0.509 e. The minimum atomic E-state index is -3.89. The molecule has 0 saturated carbocycles. The number of carbonyl (C=O) groups is 1. The van der Waals surface area contributed by atoms with Gasteiger partial charge in [-0.05, 0) is 36.5 Å². The zero-order valence-corrected chi connectivity index (χ0v) is 22.3. The normalized spacial score (nSPS) is 23.2. The standard InChI is InChI=1S/C22H33N4O6PS/c1-8-32-33(29)16-11-14(25-34(7,30)31)9-10-15(16)23-20(24-33)17-18(27)19(22(4,5)6)26(21(17)28)12-13(2)3/h9-11,13,19,25,27H,8,12H2,1-7H3,(H,23,24,29)/t19-,33?/m1/s1. The molecule has 0 saturated heterocycles. The van der Waals surface area contributed by atoms with Gasteiger partial charge in [0.25, 0.3) is 5.91 Å². The van der Waals surface area contributed by atoms with Gasteiger partial charge >= 0.3 is 7.52 Å². The molecule has 1 aromatic carbocycles. The van der Waals surface area contributed by atoms with Crippen molar-refractivity contribution >= 4 is 46.0 Å². The van der Waals surface area contributed by atoms with Gasteiger partial charge in [0, 0.05) is 12.2 Å². The smallest absolute Gasteiger partial charge is 0.348 e. The number of aliphatic hydroxyl groups excluding tert-OH is 1. The Morgan fingerprint density at radius 2 is 1.97 bits per heavy atom. The van der Waals surface area contributed by atoms with E-state index in [4.69, 9.17) is 4.52 Å². The molecule has 0 aromatic heterocycles. The Morgan fingerprint density at radius 1 is 1.32 bits per heavy atom. The predicted molar refractivity (Wildman–Crippen MR) is 134 cm³/mol. The molecule has 3 rings (SSSR count). The summed E-state index contributed by atoms with van der Waals surface area (Å²) in [6.45, 7) is 11.9. The minimum absolute atomic E-state index is 0.0314. The second-order valence-electron chi connectivity index (χ2n) is 10.00. The van der Waals surface area contributed by atoms with Gasteiger partial charge in [-0.2, -0.15) is 4.76 Å². The molecule has 34 heavy (non-hydrogen) atoms. The molecule has 0 aliphatic carbocycles. The van der Waals surface area contributed by atoms with Gasteiger partial charge in [0.05, 0.1) is 29.9 Å². The van der Waals surface area contributed by atoms with Crippen molar-refractivity contribution in [2.45, 2.75) is 47.6 Å². The first-order valence-corrected chi connectivity index (χ1v) is 14.5. The highest BCUT2D eigenvalue weighted by Gasteiger charge is 2.48. The van der Waals surface area contributed by atoms with Crippen molar-refractivity contribution in [3.8, 4) is 0 Å². The van der Waals surface area contributed by atoms with Crippen molar-refractivity contribution in [2.24, 2.45) is 16.1 Å². The van der Waals surface area contributed by atoms with E-state index in [0.29, 0.717) is 12.2 Å². The number of rotatable bonds is 7. The van der Waals surface area contributed by atoms with E-state index in [1.165, 1.54) is 18.2 Å². The Bertz CT molecular complexity index is 1220. The van der Waals surface area contributed by atoms with Crippen molar-refractivity contribution in [1.82, 2.24) is 4.90 Å². The van der Waals surface area contributed by atoms with Crippen molar-refractivity contribution in [1.29, 1.82) is 0 Å². The fraction of sp³-hybridized carbons (Fsp3) is 0.545. The molecule has 0 fully saturated rings. The van der Waals surface area contributed by atoms with Gasteiger partial charge < -0.3 is 19.8 Å². The molecule has 2 aliphatic heterocycles. The van der Waals surface area contributed by atoms with Crippen LogP contribution >= 0.6 is 7.52 Å². The lowest BCUT2D eigenvalue weighted by molar-refractivity contribution is -0.129. The van der Waals surface area contributed by atoms with E-state index in [1.807, 2.05) is 34.6 Å². The molecule has 2 heterocycles. The summed E-state index contributed by atoms with van der Waals surface area (Å²) in [6, 6.07) is 3.86. The molecule has 0 bridgehead atoms. The third kappa shape index (κ3) is 5.16. The Labute approximate surface area is 201 Å². The zero-order chi connectivity index (χ0) is 25.6. The summed E-state index contributed by atoms with van der Waals surface area (Å²) < 4.78 is 49.3. The van der Waals surface area contributed by atoms with Crippen molar-refractivity contribution in [3.05, 3.63) is 29.5 Å². The Balaban J connectivity index is 2.13. The molecule has 1 aromatic rings. The maximum atomic E-state index is 13.8. The van der Waals surface area contributed by atoms with Crippen molar-refractivity contribution in [3.63, 3.8) is 0 Å². The SMILES string of the molecule is CCOP1(=O)N=C(C2=C(O)[C@H](C(C)(C)C)N(CC(C)C)C2=O)Nc2ccc(NS(C)(=O)=O)cc21. The summed E-state index contributed by atoms with van der Waals surface area (Å²) in [7, 11) is -7.45. The molecule has 1 amide bonds. The number of hydrogen-bond acceptors (Lipinski definition) is 7. The topological polar surface area (TPSA) is 137 Å². The van der Waals surface area contributed by atoms with Crippen LogP contribution in [0, 0.1) is 11.3 Å². The van der Waals surface area contributed by atoms with Crippen LogP contribution < -0.4 is 15.3 Å². The van der Waals surface area contributed by atoms with Gasteiger partial charge in [0.15, 0.2) is 5.84 Å². The molecular weight excluding hydrogens is 479 g/mol. The molecule has 10 nitrogen and oxygen atoms in total. The first kappa shape index (κ1) is 26.2. The quantitative estimate of drug-likeness (QED) is 0.476. The molecule has 1 unspecified atom stereocenters. The van der Waals surface area contributed by atoms with Gasteiger partial charge in [-0.15, -0.1) is 0 Å². The van der Waals surface area contributed by atoms with Crippen LogP contribution in [0.5, 0.6) is 0 Å². The van der Waals surface area contributed by atoms with E-state index >= 15 is 0 Å². The molecular formula is C22H33N4O6PS. The number of anilines is 2. The number of amides is 1. The lowest BCUT2D eigenvalue weighted by Crippen LogP contribution is -2.45. The molecule has 12 heteroatoms. The van der Waals surface area contributed by atoms with Gasteiger partial charge in [0.2, 0.25) is 10.0 Å². The van der Waals surface area contributed by atoms with Gasteiger partial charge in [-0.3, -0.25) is 14.1 Å². The first-order chi connectivity index (χ1) is 15.6. The van der Waals surface area contributed by atoms with E-state index in [0.717, 1.165) is 6.26 Å². The van der Waals surface area contributed by atoms with E-state index in [2.05, 4.69) is 14.8 Å². The monoisotopic (exact) mass is 512 g/mol. The zero-order valence-electron chi connectivity index (χ0n) is 20.5. The number of benzene rings is 1. The molecule has 3 N–H and O–H groups in total. The van der Waals surface area contributed by atoms with Crippen LogP contribution in [0.1, 0.15) is 41.5 Å². The lowest BCUT2D eigenvalue weighted by atomic mass is 9.85. The van der Waals surface area contributed by atoms with Crippen LogP contribution in [0.2, 0.25) is 0 Å². The van der Waals surface area contributed by atoms with Crippen LogP contribution in [0.25, 0.3) is 0 Å². The minimum Gasteiger partial charge on any atom is -0.509 e. The van der Waals surface area contributed by atoms with Crippen LogP contribution in [0.15, 0.2) is 34.3 Å². The Hall–Kier alpha value is -2.36. The van der Waals surface area contributed by atoms with Crippen molar-refractivity contribution < 1.29 is 27.4 Å². The first-order valence-electron chi connectivity index (χ1n) is 11.1. The third-order valence-corrected chi connectivity index (χ3v) is 7.97. The summed E-state index contributed by atoms with van der Waals surface area (Å²) in [4.78, 5) is 15.1. The lowest BCUT2D eigenvalue weighted by Gasteiger charge is -2.36. The maximum absolute atomic E-state index is 13.8. The van der Waals surface area contributed by atoms with Gasteiger partial charge in [-0.25, -0.2) is 8.42 Å². The molecule has 0 spiro atoms. The number of sulfonamides is 1. The highest BCUT2D eigenvalue weighted by Crippen LogP contribution is 2.53. The average Bonchev–Trinajstić information content (AvgIpc) is 2.90. The highest BCUT2D eigenvalue weighted by atomic mass is 32.2. The Kier molecular flexibility index (Phi) is 6.96. The predicted octanol–water partition coefficient (Wildman–Crippen LogP) is 3.46. The summed E-state index contributed by atoms with van der Waals surface area (Å²) in [5.74, 6) is -0.403. The molecule has 0 radical (unpaired) electrons. The number of nitrogens with one attached hydrogen (secondary N) is 2. The van der Waals surface area contributed by atoms with E-state index < -0.39 is 34.9 Å². The molecule has 2 atom stereocenters. The molecule has 2 aliphatic rings. The fourth-order valence-electron chi connectivity index (χ4n) is 4.21. The van der Waals surface area contributed by atoms with Crippen LogP contribution in [-0.2, 0) is 23.9 Å². The van der Waals surface area contributed by atoms with Crippen LogP contribution in [0.4, 0.5) is 11.4 Å². The van der Waals surface area contributed by atoms with Crippen LogP contribution in [-0.4, -0.2) is 55.6 Å². The molecule has 188 valence electrons. The number of hydrogen-bond donors (Lipinski definition) is 3. The maximum Gasteiger partial charge on any atom is 0.348 e. The fourth-order valence-corrected chi connectivity index (χ4v) is 6.57. The number of amidine groups is 1.